The maximum Gasteiger partial charge on any atom is 3.00 e. The minimum Gasteiger partial charge on any atom is -0.759 e. The van der Waals surface area contributed by atoms with Crippen LogP contribution in [0.4, 0.5) is 0 Å². The standard InChI is InChI=1S/Cr.Cu.H2O4S/c;;1-5(2,3)4/h;;(H2,1,2,3,4)/q+3;+2;/p-2. The maximum absolute atomic E-state index is 8.52. The summed E-state index contributed by atoms with van der Waals surface area (Å²) in [6, 6.07) is 0. The van der Waals surface area contributed by atoms with Gasteiger partial charge < -0.3 is 9.11 Å². The topological polar surface area (TPSA) is 80.3 Å². The van der Waals surface area contributed by atoms with Crippen molar-refractivity contribution < 1.29 is 52.0 Å². The summed E-state index contributed by atoms with van der Waals surface area (Å²) in [5.41, 5.74) is 0. The monoisotopic (exact) mass is 211 g/mol. The van der Waals surface area contributed by atoms with Crippen molar-refractivity contribution in [1.29, 1.82) is 0 Å². The molecule has 0 aliphatic carbocycles. The summed E-state index contributed by atoms with van der Waals surface area (Å²) in [5, 5.41) is 0. The minimum absolute atomic E-state index is 0. The van der Waals surface area contributed by atoms with Gasteiger partial charge in [0.05, 0.1) is 0 Å². The third kappa shape index (κ3) is 197. The van der Waals surface area contributed by atoms with Crippen LogP contribution in [0.1, 0.15) is 0 Å². The largest absolute Gasteiger partial charge is 3.00 e. The molecule has 0 aliphatic heterocycles. The zero-order valence-electron chi connectivity index (χ0n) is 2.75. The molecule has 0 N–H and O–H groups in total. The summed E-state index contributed by atoms with van der Waals surface area (Å²) in [6.07, 6.45) is 0. The molecular weight excluding hydrogens is 212 g/mol. The second kappa shape index (κ2) is 5.07. The predicted octanol–water partition coefficient (Wildman–Crippen LogP) is -1.34. The predicted molar refractivity (Wildman–Crippen MR) is 10.5 cm³/mol. The number of hydrogen-bond donors (Lipinski definition) is 0. The average molecular weight is 212 g/mol. The van der Waals surface area contributed by atoms with E-state index in [2.05, 4.69) is 0 Å². The quantitative estimate of drug-likeness (QED) is 0.282. The van der Waals surface area contributed by atoms with Crippen LogP contribution in [0.2, 0.25) is 0 Å². The smallest absolute Gasteiger partial charge is 0.759 e. The molecule has 44 valence electrons. The summed E-state index contributed by atoms with van der Waals surface area (Å²) < 4.78 is 34.1. The molecule has 7 heavy (non-hydrogen) atoms. The van der Waals surface area contributed by atoms with E-state index in [1.165, 1.54) is 0 Å². The first-order valence-corrected chi connectivity index (χ1v) is 2.00. The van der Waals surface area contributed by atoms with Gasteiger partial charge >= 0.3 is 34.4 Å². The van der Waals surface area contributed by atoms with Gasteiger partial charge in [0.2, 0.25) is 0 Å². The maximum atomic E-state index is 8.52. The van der Waals surface area contributed by atoms with Gasteiger partial charge in [0.1, 0.15) is 0 Å². The first-order valence-electron chi connectivity index (χ1n) is 0.667. The zero-order valence-corrected chi connectivity index (χ0v) is 5.78. The molecule has 0 rings (SSSR count). The van der Waals surface area contributed by atoms with Crippen molar-refractivity contribution in [2.45, 2.75) is 0 Å². The molecule has 7 heteroatoms. The SMILES string of the molecule is O=S(=O)([O-])[O-].[Cr+3].[Cu+2]. The molecule has 2 radical (unpaired) electrons. The van der Waals surface area contributed by atoms with Crippen molar-refractivity contribution in [1.82, 2.24) is 0 Å². The van der Waals surface area contributed by atoms with Gasteiger partial charge in [0, 0.05) is 10.4 Å². The third-order valence-electron chi connectivity index (χ3n) is 0. The Morgan fingerprint density at radius 3 is 1.14 bits per heavy atom. The van der Waals surface area contributed by atoms with Crippen LogP contribution >= 0.6 is 0 Å². The second-order valence-electron chi connectivity index (χ2n) is 0.408. The van der Waals surface area contributed by atoms with E-state index in [-0.39, 0.29) is 34.4 Å². The van der Waals surface area contributed by atoms with Crippen LogP contribution in [-0.4, -0.2) is 17.5 Å². The van der Waals surface area contributed by atoms with Crippen LogP contribution in [0, 0.1) is 0 Å². The molecule has 0 heterocycles. The van der Waals surface area contributed by atoms with E-state index in [0.29, 0.717) is 0 Å². The fourth-order valence-corrected chi connectivity index (χ4v) is 0. The molecule has 0 fully saturated rings. The fraction of sp³-hybridized carbons (Fsp3) is 0. The van der Waals surface area contributed by atoms with Crippen LogP contribution < -0.4 is 0 Å². The van der Waals surface area contributed by atoms with Crippen LogP contribution in [-0.2, 0) is 44.8 Å². The van der Waals surface area contributed by atoms with Gasteiger partial charge in [0.25, 0.3) is 0 Å². The fourth-order valence-electron chi connectivity index (χ4n) is 0. The van der Waals surface area contributed by atoms with Crippen LogP contribution in [0.15, 0.2) is 0 Å². The Morgan fingerprint density at radius 2 is 1.14 bits per heavy atom. The van der Waals surface area contributed by atoms with E-state index >= 15 is 0 Å². The van der Waals surface area contributed by atoms with Crippen molar-refractivity contribution in [3.05, 3.63) is 0 Å². The molecule has 0 bridgehead atoms. The first kappa shape index (κ1) is 15.7. The Morgan fingerprint density at radius 1 is 1.14 bits per heavy atom. The van der Waals surface area contributed by atoms with Crippen molar-refractivity contribution in [3.63, 3.8) is 0 Å². The van der Waals surface area contributed by atoms with Gasteiger partial charge in [-0.1, -0.05) is 0 Å². The molecule has 0 aliphatic rings. The molecule has 4 nitrogen and oxygen atoms in total. The summed E-state index contributed by atoms with van der Waals surface area (Å²) in [6.45, 7) is 0. The average Bonchev–Trinajstić information content (AvgIpc) is 0.722. The molecular formula is CrCuO4S+3. The van der Waals surface area contributed by atoms with Gasteiger partial charge in [-0.2, -0.15) is 0 Å². The molecule has 0 aromatic rings. The molecule has 0 amide bonds. The van der Waals surface area contributed by atoms with E-state index in [0.717, 1.165) is 0 Å². The van der Waals surface area contributed by atoms with Gasteiger partial charge in [-0.15, -0.1) is 0 Å². The van der Waals surface area contributed by atoms with Crippen molar-refractivity contribution in [2.24, 2.45) is 0 Å². The normalized spacial score (nSPS) is 8.29. The van der Waals surface area contributed by atoms with Gasteiger partial charge in [0.15, 0.2) is 0 Å². The Bertz CT molecular complexity index is 94.9. The summed E-state index contributed by atoms with van der Waals surface area (Å²) >= 11 is 0. The molecule has 0 spiro atoms. The third-order valence-corrected chi connectivity index (χ3v) is 0. The Balaban J connectivity index is -0.0000000800. The van der Waals surface area contributed by atoms with E-state index in [1.54, 1.807) is 0 Å². The molecule has 0 atom stereocenters. The number of hydrogen-bond acceptors (Lipinski definition) is 4. The van der Waals surface area contributed by atoms with E-state index in [4.69, 9.17) is 17.5 Å². The first-order chi connectivity index (χ1) is 2.00. The summed E-state index contributed by atoms with van der Waals surface area (Å²) in [7, 11) is -5.17. The minimum atomic E-state index is -5.17. The Kier molecular flexibility index (Phi) is 11.3. The summed E-state index contributed by atoms with van der Waals surface area (Å²) in [5.74, 6) is 0. The molecule has 0 aromatic carbocycles. The van der Waals surface area contributed by atoms with E-state index in [1.807, 2.05) is 0 Å². The summed E-state index contributed by atoms with van der Waals surface area (Å²) in [4.78, 5) is 0. The second-order valence-corrected chi connectivity index (χ2v) is 1.22. The van der Waals surface area contributed by atoms with Crippen molar-refractivity contribution in [2.75, 3.05) is 0 Å². The van der Waals surface area contributed by atoms with Gasteiger partial charge in [-0.25, -0.2) is 0 Å². The van der Waals surface area contributed by atoms with Crippen LogP contribution in [0.3, 0.4) is 0 Å². The molecule has 0 aromatic heterocycles. The van der Waals surface area contributed by atoms with Crippen molar-refractivity contribution >= 4 is 10.4 Å². The van der Waals surface area contributed by atoms with Crippen molar-refractivity contribution in [3.8, 4) is 0 Å². The molecule has 0 saturated heterocycles. The molecule has 0 unspecified atom stereocenters. The van der Waals surface area contributed by atoms with Gasteiger partial charge in [-0.3, -0.25) is 8.42 Å². The van der Waals surface area contributed by atoms with Crippen LogP contribution in [0.25, 0.3) is 0 Å². The van der Waals surface area contributed by atoms with Gasteiger partial charge in [-0.05, 0) is 0 Å². The van der Waals surface area contributed by atoms with E-state index in [9.17, 15) is 0 Å². The zero-order chi connectivity index (χ0) is 4.50. The van der Waals surface area contributed by atoms with Crippen LogP contribution in [0.5, 0.6) is 0 Å². The van der Waals surface area contributed by atoms with E-state index < -0.39 is 10.4 Å². The number of rotatable bonds is 0. The Labute approximate surface area is 62.5 Å². The Hall–Kier alpha value is 0.922. The molecule has 0 saturated carbocycles.